The zero-order chi connectivity index (χ0) is 23.4. The van der Waals surface area contributed by atoms with E-state index in [0.29, 0.717) is 0 Å². The Kier molecular flexibility index (Phi) is 13.0. The number of carbonyl (C=O) groups is 3. The highest BCUT2D eigenvalue weighted by Crippen LogP contribution is 2.25. The van der Waals surface area contributed by atoms with E-state index in [9.17, 15) is 19.5 Å². The fraction of sp³-hybridized carbons (Fsp3) is 0.471. The van der Waals surface area contributed by atoms with Crippen LogP contribution in [0.25, 0.3) is 0 Å². The van der Waals surface area contributed by atoms with Crippen molar-refractivity contribution < 1.29 is 52.9 Å². The molecule has 0 fully saturated rings. The molecule has 0 spiro atoms. The molecule has 0 bridgehead atoms. The molecule has 0 aromatic rings. The minimum absolute atomic E-state index is 0.166. The highest BCUT2D eigenvalue weighted by atomic mass is 31.2. The Labute approximate surface area is 168 Å². The molecule has 29 heavy (non-hydrogen) atoms. The van der Waals surface area contributed by atoms with Gasteiger partial charge in [-0.25, -0.2) is 18.9 Å². The Morgan fingerprint density at radius 1 is 0.759 bits per heavy atom. The third-order valence-electron chi connectivity index (χ3n) is 2.91. The van der Waals surface area contributed by atoms with Gasteiger partial charge in [0.1, 0.15) is 19.8 Å². The van der Waals surface area contributed by atoms with Gasteiger partial charge in [-0.1, -0.05) is 19.7 Å². The summed E-state index contributed by atoms with van der Waals surface area (Å²) in [4.78, 5) is 56.2. The number of hydrogen-bond donors (Lipinski definition) is 4. The lowest BCUT2D eigenvalue weighted by atomic mass is 9.92. The van der Waals surface area contributed by atoms with Crippen LogP contribution in [0.1, 0.15) is 20.8 Å². The van der Waals surface area contributed by atoms with Crippen LogP contribution in [0.15, 0.2) is 36.5 Å². The maximum atomic E-state index is 11.6. The summed E-state index contributed by atoms with van der Waals surface area (Å²) in [6.07, 6.45) is 0. The summed E-state index contributed by atoms with van der Waals surface area (Å²) in [7, 11) is -4.64. The van der Waals surface area contributed by atoms with Gasteiger partial charge in [0.25, 0.3) is 0 Å². The maximum absolute atomic E-state index is 11.6. The van der Waals surface area contributed by atoms with Crippen LogP contribution in [0.3, 0.4) is 0 Å². The lowest BCUT2D eigenvalue weighted by Gasteiger charge is -2.30. The van der Waals surface area contributed by atoms with E-state index in [1.54, 1.807) is 0 Å². The molecule has 0 aliphatic carbocycles. The Balaban J connectivity index is 0. The van der Waals surface area contributed by atoms with Crippen molar-refractivity contribution in [3.63, 3.8) is 0 Å². The summed E-state index contributed by atoms with van der Waals surface area (Å²) < 4.78 is 23.9. The topological polar surface area (TPSA) is 177 Å². The number of ether oxygens (including phenoxy) is 3. The van der Waals surface area contributed by atoms with Crippen molar-refractivity contribution in [2.24, 2.45) is 5.41 Å². The predicted molar refractivity (Wildman–Crippen MR) is 101 cm³/mol. The van der Waals surface area contributed by atoms with E-state index in [1.165, 1.54) is 20.8 Å². The summed E-state index contributed by atoms with van der Waals surface area (Å²) in [5, 5.41) is 9.69. The molecule has 11 nitrogen and oxygen atoms in total. The van der Waals surface area contributed by atoms with Crippen molar-refractivity contribution in [3.8, 4) is 0 Å². The van der Waals surface area contributed by atoms with Gasteiger partial charge in [0, 0.05) is 16.7 Å². The van der Waals surface area contributed by atoms with Crippen molar-refractivity contribution in [3.05, 3.63) is 36.5 Å². The van der Waals surface area contributed by atoms with Crippen molar-refractivity contribution >= 4 is 25.7 Å². The number of esters is 3. The Hall–Kier alpha value is -2.30. The summed E-state index contributed by atoms with van der Waals surface area (Å²) in [5.74, 6) is -2.03. The SMILES string of the molecule is C=C(C)C(=O)OCC(CO)(COC(=O)C(=C)C)COC(=O)C(=C)C.O=P(O)(O)O. The molecular weight excluding hydrogens is 411 g/mol. The molecule has 0 aromatic heterocycles. The van der Waals surface area contributed by atoms with Crippen LogP contribution in [0.5, 0.6) is 0 Å². The van der Waals surface area contributed by atoms with Crippen LogP contribution in [0, 0.1) is 5.41 Å². The van der Waals surface area contributed by atoms with Crippen LogP contribution >= 0.6 is 7.82 Å². The molecule has 4 N–H and O–H groups in total. The average Bonchev–Trinajstić information content (AvgIpc) is 2.58. The van der Waals surface area contributed by atoms with Crippen LogP contribution in [-0.4, -0.2) is 64.1 Å². The number of hydrogen-bond acceptors (Lipinski definition) is 8. The van der Waals surface area contributed by atoms with Crippen molar-refractivity contribution in [1.29, 1.82) is 0 Å². The summed E-state index contributed by atoms with van der Waals surface area (Å²) in [5.41, 5.74) is -0.805. The minimum Gasteiger partial charge on any atom is -0.461 e. The molecule has 0 aliphatic heterocycles. The highest BCUT2D eigenvalue weighted by Gasteiger charge is 2.35. The van der Waals surface area contributed by atoms with Crippen LogP contribution < -0.4 is 0 Å². The van der Waals surface area contributed by atoms with Crippen LogP contribution in [0.2, 0.25) is 0 Å². The molecule has 0 aromatic carbocycles. The van der Waals surface area contributed by atoms with Crippen molar-refractivity contribution in [2.75, 3.05) is 26.4 Å². The molecular formula is C17H27O11P. The van der Waals surface area contributed by atoms with Gasteiger partial charge >= 0.3 is 25.7 Å². The van der Waals surface area contributed by atoms with E-state index in [2.05, 4.69) is 19.7 Å². The largest absolute Gasteiger partial charge is 0.466 e. The fourth-order valence-electron chi connectivity index (χ4n) is 1.29. The zero-order valence-electron chi connectivity index (χ0n) is 16.5. The lowest BCUT2D eigenvalue weighted by molar-refractivity contribution is -0.160. The van der Waals surface area contributed by atoms with E-state index in [-0.39, 0.29) is 36.5 Å². The number of rotatable bonds is 10. The molecule has 0 atom stereocenters. The normalized spacial score (nSPS) is 10.7. The first kappa shape index (κ1) is 28.9. The molecule has 0 aliphatic rings. The molecule has 166 valence electrons. The number of aliphatic hydroxyl groups is 1. The molecule has 0 rings (SSSR count). The first-order valence-corrected chi connectivity index (χ1v) is 9.48. The quantitative estimate of drug-likeness (QED) is 0.161. The van der Waals surface area contributed by atoms with E-state index in [1.807, 2.05) is 0 Å². The molecule has 0 saturated heterocycles. The van der Waals surface area contributed by atoms with Gasteiger partial charge in [0.15, 0.2) is 0 Å². The highest BCUT2D eigenvalue weighted by molar-refractivity contribution is 7.45. The standard InChI is InChI=1S/C17H24O7.H3O4P/c1-11(2)14(19)22-8-17(7-18,9-23-15(20)12(3)4)10-24-16(21)13(5)6;1-5(2,3)4/h18H,1,3,5,7-10H2,2,4,6H3;(H3,1,2,3,4). The predicted octanol–water partition coefficient (Wildman–Crippen LogP) is 0.394. The second-order valence-electron chi connectivity index (χ2n) is 6.24. The maximum Gasteiger partial charge on any atom is 0.466 e. The van der Waals surface area contributed by atoms with Crippen LogP contribution in [-0.2, 0) is 33.2 Å². The second kappa shape index (κ2) is 13.0. The van der Waals surface area contributed by atoms with Gasteiger partial charge in [-0.05, 0) is 20.8 Å². The van der Waals surface area contributed by atoms with Crippen molar-refractivity contribution in [1.82, 2.24) is 0 Å². The van der Waals surface area contributed by atoms with E-state index >= 15 is 0 Å². The van der Waals surface area contributed by atoms with Gasteiger partial charge in [-0.2, -0.15) is 0 Å². The minimum atomic E-state index is -4.64. The zero-order valence-corrected chi connectivity index (χ0v) is 17.4. The Morgan fingerprint density at radius 2 is 0.966 bits per heavy atom. The Bertz CT molecular complexity index is 607. The van der Waals surface area contributed by atoms with Crippen molar-refractivity contribution in [2.45, 2.75) is 20.8 Å². The number of phosphoric acid groups is 1. The lowest BCUT2D eigenvalue weighted by Crippen LogP contribution is -2.42. The van der Waals surface area contributed by atoms with Gasteiger partial charge in [0.05, 0.1) is 12.0 Å². The molecule has 0 unspecified atom stereocenters. The molecule has 0 radical (unpaired) electrons. The third-order valence-corrected chi connectivity index (χ3v) is 2.91. The van der Waals surface area contributed by atoms with E-state index in [4.69, 9.17) is 33.5 Å². The summed E-state index contributed by atoms with van der Waals surface area (Å²) in [6.45, 7) is 13.2. The summed E-state index contributed by atoms with van der Waals surface area (Å²) >= 11 is 0. The molecule has 0 saturated carbocycles. The summed E-state index contributed by atoms with van der Waals surface area (Å²) in [6, 6.07) is 0. The Morgan fingerprint density at radius 3 is 1.10 bits per heavy atom. The second-order valence-corrected chi connectivity index (χ2v) is 7.27. The van der Waals surface area contributed by atoms with Gasteiger partial charge in [-0.3, -0.25) is 0 Å². The monoisotopic (exact) mass is 438 g/mol. The fourth-order valence-corrected chi connectivity index (χ4v) is 1.29. The third kappa shape index (κ3) is 15.3. The molecule has 0 amide bonds. The number of carbonyl (C=O) groups excluding carboxylic acids is 3. The van der Waals surface area contributed by atoms with E-state index in [0.717, 1.165) is 0 Å². The average molecular weight is 438 g/mol. The van der Waals surface area contributed by atoms with E-state index < -0.39 is 37.8 Å². The van der Waals surface area contributed by atoms with Gasteiger partial charge < -0.3 is 34.0 Å². The van der Waals surface area contributed by atoms with Crippen LogP contribution in [0.4, 0.5) is 0 Å². The first-order chi connectivity index (χ1) is 13.0. The first-order valence-electron chi connectivity index (χ1n) is 7.91. The smallest absolute Gasteiger partial charge is 0.461 e. The molecule has 0 heterocycles. The van der Waals surface area contributed by atoms with Gasteiger partial charge in [0.2, 0.25) is 0 Å². The molecule has 12 heteroatoms. The van der Waals surface area contributed by atoms with Gasteiger partial charge in [-0.15, -0.1) is 0 Å². The number of aliphatic hydroxyl groups excluding tert-OH is 1.